The maximum absolute atomic E-state index is 5.87. The van der Waals surface area contributed by atoms with E-state index in [2.05, 4.69) is 58.4 Å². The third-order valence-corrected chi connectivity index (χ3v) is 3.18. The van der Waals surface area contributed by atoms with Crippen molar-refractivity contribution in [1.29, 1.82) is 0 Å². The molecule has 0 saturated carbocycles. The maximum atomic E-state index is 5.87. The van der Waals surface area contributed by atoms with Gasteiger partial charge in [0.15, 0.2) is 0 Å². The third-order valence-electron chi connectivity index (χ3n) is 2.99. The van der Waals surface area contributed by atoms with Gasteiger partial charge in [0.05, 0.1) is 0 Å². The zero-order valence-electron chi connectivity index (χ0n) is 12.3. The molecule has 0 amide bonds. The molecule has 0 aliphatic heterocycles. The van der Waals surface area contributed by atoms with Crippen LogP contribution in [-0.2, 0) is 6.54 Å². The SMILES string of the molecule is CC(CN(C)Cc1ccccc1)Nc1cc(Cl)nc(N)n1. The summed E-state index contributed by atoms with van der Waals surface area (Å²) in [5.41, 5.74) is 6.87. The van der Waals surface area contributed by atoms with Gasteiger partial charge in [-0.25, -0.2) is 4.98 Å². The minimum atomic E-state index is 0.176. The molecule has 0 aliphatic carbocycles. The largest absolute Gasteiger partial charge is 0.368 e. The number of benzene rings is 1. The predicted octanol–water partition coefficient (Wildman–Crippen LogP) is 2.64. The molecule has 1 unspecified atom stereocenters. The molecule has 112 valence electrons. The number of likely N-dealkylation sites (N-methyl/N-ethyl adjacent to an activating group) is 1. The standard InChI is InChI=1S/C15H20ClN5/c1-11(18-14-8-13(16)19-15(17)20-14)9-21(2)10-12-6-4-3-5-7-12/h3-8,11H,9-10H2,1-2H3,(H3,17,18,19,20). The Balaban J connectivity index is 1.87. The Kier molecular flexibility index (Phi) is 5.36. The Morgan fingerprint density at radius 3 is 2.67 bits per heavy atom. The molecule has 2 rings (SSSR count). The highest BCUT2D eigenvalue weighted by Crippen LogP contribution is 2.13. The van der Waals surface area contributed by atoms with E-state index in [0.29, 0.717) is 11.0 Å². The number of nitrogens with zero attached hydrogens (tertiary/aromatic N) is 3. The molecule has 3 N–H and O–H groups in total. The summed E-state index contributed by atoms with van der Waals surface area (Å²) in [4.78, 5) is 10.2. The zero-order chi connectivity index (χ0) is 15.2. The Hall–Kier alpha value is -1.85. The fourth-order valence-corrected chi connectivity index (χ4v) is 2.42. The summed E-state index contributed by atoms with van der Waals surface area (Å²) in [5.74, 6) is 0.822. The molecular formula is C15H20ClN5. The van der Waals surface area contributed by atoms with Gasteiger partial charge in [-0.3, -0.25) is 0 Å². The maximum Gasteiger partial charge on any atom is 0.223 e. The number of nitrogen functional groups attached to an aromatic ring is 1. The van der Waals surface area contributed by atoms with Crippen LogP contribution in [0.25, 0.3) is 0 Å². The van der Waals surface area contributed by atoms with Crippen LogP contribution in [0.3, 0.4) is 0 Å². The number of aromatic nitrogens is 2. The second kappa shape index (κ2) is 7.24. The van der Waals surface area contributed by atoms with Crippen molar-refractivity contribution in [1.82, 2.24) is 14.9 Å². The van der Waals surface area contributed by atoms with Crippen LogP contribution in [0.4, 0.5) is 11.8 Å². The molecular weight excluding hydrogens is 286 g/mol. The Morgan fingerprint density at radius 2 is 2.00 bits per heavy atom. The lowest BCUT2D eigenvalue weighted by Crippen LogP contribution is -2.32. The lowest BCUT2D eigenvalue weighted by molar-refractivity contribution is 0.316. The molecule has 0 spiro atoms. The first kappa shape index (κ1) is 15.5. The molecule has 2 aromatic rings. The van der Waals surface area contributed by atoms with Crippen molar-refractivity contribution in [3.63, 3.8) is 0 Å². The van der Waals surface area contributed by atoms with Crippen molar-refractivity contribution in [2.75, 3.05) is 24.6 Å². The van der Waals surface area contributed by atoms with Crippen LogP contribution in [0.1, 0.15) is 12.5 Å². The van der Waals surface area contributed by atoms with E-state index in [4.69, 9.17) is 17.3 Å². The second-order valence-corrected chi connectivity index (χ2v) is 5.55. The van der Waals surface area contributed by atoms with Gasteiger partial charge in [0.1, 0.15) is 11.0 Å². The van der Waals surface area contributed by atoms with Crippen LogP contribution in [0.5, 0.6) is 0 Å². The monoisotopic (exact) mass is 305 g/mol. The van der Waals surface area contributed by atoms with Crippen LogP contribution in [-0.4, -0.2) is 34.5 Å². The number of hydrogen-bond acceptors (Lipinski definition) is 5. The average Bonchev–Trinajstić information content (AvgIpc) is 2.37. The van der Waals surface area contributed by atoms with E-state index in [-0.39, 0.29) is 12.0 Å². The van der Waals surface area contributed by atoms with Crippen LogP contribution in [0, 0.1) is 0 Å². The fourth-order valence-electron chi connectivity index (χ4n) is 2.23. The number of nitrogens with two attached hydrogens (primary N) is 1. The predicted molar refractivity (Wildman–Crippen MR) is 87.3 cm³/mol. The summed E-state index contributed by atoms with van der Waals surface area (Å²) in [7, 11) is 2.09. The van der Waals surface area contributed by atoms with Gasteiger partial charge in [-0.15, -0.1) is 0 Å². The average molecular weight is 306 g/mol. The van der Waals surface area contributed by atoms with Crippen molar-refractivity contribution in [2.45, 2.75) is 19.5 Å². The normalized spacial score (nSPS) is 12.4. The van der Waals surface area contributed by atoms with Gasteiger partial charge < -0.3 is 16.0 Å². The molecule has 21 heavy (non-hydrogen) atoms. The quantitative estimate of drug-likeness (QED) is 0.803. The molecule has 1 aromatic heterocycles. The summed E-state index contributed by atoms with van der Waals surface area (Å²) in [6.45, 7) is 3.86. The Labute approximate surface area is 130 Å². The van der Waals surface area contributed by atoms with E-state index in [9.17, 15) is 0 Å². The molecule has 6 heteroatoms. The summed E-state index contributed by atoms with van der Waals surface area (Å²) >= 11 is 5.87. The highest BCUT2D eigenvalue weighted by atomic mass is 35.5. The summed E-state index contributed by atoms with van der Waals surface area (Å²) in [5, 5.41) is 3.63. The minimum Gasteiger partial charge on any atom is -0.368 e. The van der Waals surface area contributed by atoms with E-state index >= 15 is 0 Å². The van der Waals surface area contributed by atoms with E-state index in [1.165, 1.54) is 5.56 Å². The van der Waals surface area contributed by atoms with Gasteiger partial charge in [-0.05, 0) is 19.5 Å². The van der Waals surface area contributed by atoms with E-state index in [1.54, 1.807) is 6.07 Å². The third kappa shape index (κ3) is 5.21. The second-order valence-electron chi connectivity index (χ2n) is 5.16. The van der Waals surface area contributed by atoms with Crippen LogP contribution in [0.15, 0.2) is 36.4 Å². The molecule has 5 nitrogen and oxygen atoms in total. The molecule has 0 radical (unpaired) electrons. The van der Waals surface area contributed by atoms with Gasteiger partial charge in [0.2, 0.25) is 5.95 Å². The first-order valence-corrected chi connectivity index (χ1v) is 7.20. The number of hydrogen-bond donors (Lipinski definition) is 2. The molecule has 0 fully saturated rings. The van der Waals surface area contributed by atoms with E-state index in [0.717, 1.165) is 13.1 Å². The number of anilines is 2. The first-order chi connectivity index (χ1) is 10.0. The zero-order valence-corrected chi connectivity index (χ0v) is 13.0. The topological polar surface area (TPSA) is 67.1 Å². The highest BCUT2D eigenvalue weighted by Gasteiger charge is 2.09. The minimum absolute atomic E-state index is 0.176. The van der Waals surface area contributed by atoms with Gasteiger partial charge >= 0.3 is 0 Å². The molecule has 0 saturated heterocycles. The fraction of sp³-hybridized carbons (Fsp3) is 0.333. The van der Waals surface area contributed by atoms with Crippen molar-refractivity contribution in [3.05, 3.63) is 47.1 Å². The lowest BCUT2D eigenvalue weighted by atomic mass is 10.2. The summed E-state index contributed by atoms with van der Waals surface area (Å²) in [6.07, 6.45) is 0. The van der Waals surface area contributed by atoms with Crippen molar-refractivity contribution < 1.29 is 0 Å². The molecule has 1 heterocycles. The van der Waals surface area contributed by atoms with Crippen molar-refractivity contribution in [3.8, 4) is 0 Å². The van der Waals surface area contributed by atoms with Gasteiger partial charge in [-0.2, -0.15) is 4.98 Å². The van der Waals surface area contributed by atoms with Crippen LogP contribution < -0.4 is 11.1 Å². The van der Waals surface area contributed by atoms with Gasteiger partial charge in [0, 0.05) is 25.2 Å². The smallest absolute Gasteiger partial charge is 0.223 e. The summed E-state index contributed by atoms with van der Waals surface area (Å²) in [6, 6.07) is 12.3. The number of nitrogens with one attached hydrogen (secondary N) is 1. The van der Waals surface area contributed by atoms with Crippen molar-refractivity contribution in [2.24, 2.45) is 0 Å². The molecule has 1 aromatic carbocycles. The molecule has 0 aliphatic rings. The number of halogens is 1. The lowest BCUT2D eigenvalue weighted by Gasteiger charge is -2.22. The van der Waals surface area contributed by atoms with Crippen LogP contribution in [0.2, 0.25) is 5.15 Å². The summed E-state index contributed by atoms with van der Waals surface area (Å²) < 4.78 is 0. The number of rotatable bonds is 6. The molecule has 1 atom stereocenters. The Bertz CT molecular complexity index is 555. The molecule has 0 bridgehead atoms. The van der Waals surface area contributed by atoms with Crippen LogP contribution >= 0.6 is 11.6 Å². The van der Waals surface area contributed by atoms with Crippen molar-refractivity contribution >= 4 is 23.4 Å². The van der Waals surface area contributed by atoms with E-state index < -0.39 is 0 Å². The van der Waals surface area contributed by atoms with E-state index in [1.807, 2.05) is 6.07 Å². The first-order valence-electron chi connectivity index (χ1n) is 6.82. The van der Waals surface area contributed by atoms with Gasteiger partial charge in [0.25, 0.3) is 0 Å². The van der Waals surface area contributed by atoms with Gasteiger partial charge in [-0.1, -0.05) is 41.9 Å². The highest BCUT2D eigenvalue weighted by molar-refractivity contribution is 6.29. The Morgan fingerprint density at radius 1 is 1.29 bits per heavy atom.